The molecule has 2 aliphatic rings. The van der Waals surface area contributed by atoms with E-state index in [9.17, 15) is 14.9 Å². The van der Waals surface area contributed by atoms with Crippen molar-refractivity contribution in [3.63, 3.8) is 0 Å². The van der Waals surface area contributed by atoms with Crippen molar-refractivity contribution >= 4 is 52.6 Å². The number of amidine groups is 1. The number of amides is 3. The summed E-state index contributed by atoms with van der Waals surface area (Å²) in [4.78, 5) is 40.5. The molecule has 0 N–H and O–H groups in total. The van der Waals surface area contributed by atoms with Gasteiger partial charge in [-0.2, -0.15) is 5.26 Å². The monoisotopic (exact) mass is 736 g/mol. The van der Waals surface area contributed by atoms with Gasteiger partial charge in [0.2, 0.25) is 5.91 Å². The minimum Gasteiger partial charge on any atom is -0.493 e. The van der Waals surface area contributed by atoms with Gasteiger partial charge in [0.05, 0.1) is 36.2 Å². The highest BCUT2D eigenvalue weighted by atomic mass is 35.5. The summed E-state index contributed by atoms with van der Waals surface area (Å²) in [5.74, 6) is 0.958. The zero-order valence-corrected chi connectivity index (χ0v) is 31.4. The number of hydrogen-bond donors (Lipinski definition) is 0. The first-order chi connectivity index (χ1) is 23.9. The molecule has 50 heavy (non-hydrogen) atoms. The molecule has 12 heteroatoms. The van der Waals surface area contributed by atoms with Crippen LogP contribution < -0.4 is 4.74 Å². The molecular weight excluding hydrogens is 695 g/mol. The Bertz CT molecular complexity index is 1760. The average molecular weight is 738 g/mol. The van der Waals surface area contributed by atoms with Gasteiger partial charge in [0.1, 0.15) is 17.6 Å². The summed E-state index contributed by atoms with van der Waals surface area (Å²) in [5, 5.41) is 11.5. The third-order valence-electron chi connectivity index (χ3n) is 9.38. The molecule has 0 unspecified atom stereocenters. The lowest BCUT2D eigenvalue weighted by molar-refractivity contribution is -0.132. The molecular formula is C38H43Cl3N6O3. The Balaban J connectivity index is 1.61. The number of piperazine rings is 1. The first-order valence-corrected chi connectivity index (χ1v) is 18.1. The maximum absolute atomic E-state index is 14.9. The summed E-state index contributed by atoms with van der Waals surface area (Å²) in [6.45, 7) is 13.4. The van der Waals surface area contributed by atoms with Crippen LogP contribution >= 0.6 is 34.8 Å². The standard InChI is InChI=1S/C38H43Cl3N6O3/c1-6-45(7-2)33(48)23-44-17-19-46(20-18-44)37(49)47-35(26-11-15-28(40)16-12-26)34(25-9-13-27(39)14-10-25)43-36(47)29-21-31(41)30(38(4,5)24-42)22-32(29)50-8-3/h9-16,21-22,34-35H,6-8,17-20,23H2,1-5H3/t34-,35+/m0/s1. The molecule has 0 aliphatic carbocycles. The van der Waals surface area contributed by atoms with Crippen LogP contribution in [0.2, 0.25) is 15.1 Å². The largest absolute Gasteiger partial charge is 0.493 e. The molecule has 264 valence electrons. The van der Waals surface area contributed by atoms with Gasteiger partial charge in [-0.25, -0.2) is 4.79 Å². The number of likely N-dealkylation sites (N-methyl/N-ethyl adjacent to an activating group) is 1. The summed E-state index contributed by atoms with van der Waals surface area (Å²) in [6.07, 6.45) is 0. The number of nitriles is 1. The molecule has 0 bridgehead atoms. The van der Waals surface area contributed by atoms with E-state index in [0.29, 0.717) is 90.2 Å². The lowest BCUT2D eigenvalue weighted by Crippen LogP contribution is -2.55. The summed E-state index contributed by atoms with van der Waals surface area (Å²) >= 11 is 19.6. The second-order valence-electron chi connectivity index (χ2n) is 12.9. The molecule has 9 nitrogen and oxygen atoms in total. The van der Waals surface area contributed by atoms with Crippen LogP contribution in [0.1, 0.15) is 69.0 Å². The Hall–Kier alpha value is -3.81. The molecule has 0 aromatic heterocycles. The normalized spacial score (nSPS) is 18.1. The Morgan fingerprint density at radius 2 is 1.50 bits per heavy atom. The van der Waals surface area contributed by atoms with Crippen LogP contribution in [0.3, 0.4) is 0 Å². The predicted molar refractivity (Wildman–Crippen MR) is 199 cm³/mol. The molecule has 0 saturated carbocycles. The third-order valence-corrected chi connectivity index (χ3v) is 10.2. The zero-order valence-electron chi connectivity index (χ0n) is 29.1. The lowest BCUT2D eigenvalue weighted by Gasteiger charge is -2.39. The van der Waals surface area contributed by atoms with Gasteiger partial charge >= 0.3 is 6.03 Å². The van der Waals surface area contributed by atoms with Crippen LogP contribution in [0.5, 0.6) is 5.75 Å². The van der Waals surface area contributed by atoms with Gasteiger partial charge in [0, 0.05) is 54.3 Å². The number of carbonyl (C=O) groups excluding carboxylic acids is 2. The van der Waals surface area contributed by atoms with Crippen molar-refractivity contribution < 1.29 is 14.3 Å². The van der Waals surface area contributed by atoms with Gasteiger partial charge in [-0.3, -0.25) is 19.6 Å². The maximum Gasteiger partial charge on any atom is 0.326 e. The highest BCUT2D eigenvalue weighted by Gasteiger charge is 2.45. The van der Waals surface area contributed by atoms with Gasteiger partial charge in [0.25, 0.3) is 0 Å². The van der Waals surface area contributed by atoms with Crippen LogP contribution in [0.25, 0.3) is 0 Å². The Labute approximate surface area is 310 Å². The van der Waals surface area contributed by atoms with E-state index in [1.54, 1.807) is 30.9 Å². The van der Waals surface area contributed by atoms with E-state index in [2.05, 4.69) is 11.0 Å². The molecule has 3 aromatic rings. The van der Waals surface area contributed by atoms with Gasteiger partial charge in [-0.15, -0.1) is 0 Å². The van der Waals surface area contributed by atoms with Gasteiger partial charge in [-0.1, -0.05) is 59.1 Å². The van der Waals surface area contributed by atoms with Crippen molar-refractivity contribution in [2.75, 3.05) is 52.4 Å². The number of rotatable bonds is 10. The van der Waals surface area contributed by atoms with Crippen molar-refractivity contribution in [1.29, 1.82) is 5.26 Å². The summed E-state index contributed by atoms with van der Waals surface area (Å²) in [6, 6.07) is 19.5. The number of ether oxygens (including phenoxy) is 1. The van der Waals surface area contributed by atoms with Crippen LogP contribution in [0.4, 0.5) is 4.79 Å². The average Bonchev–Trinajstić information content (AvgIpc) is 3.50. The molecule has 1 fully saturated rings. The predicted octanol–water partition coefficient (Wildman–Crippen LogP) is 8.00. The topological polar surface area (TPSA) is 92.5 Å². The number of carbonyl (C=O) groups is 2. The van der Waals surface area contributed by atoms with E-state index in [1.165, 1.54) is 0 Å². The summed E-state index contributed by atoms with van der Waals surface area (Å²) in [5.41, 5.74) is 1.98. The summed E-state index contributed by atoms with van der Waals surface area (Å²) in [7, 11) is 0. The first kappa shape index (κ1) is 37.4. The molecule has 3 amide bonds. The fraction of sp³-hybridized carbons (Fsp3) is 0.421. The highest BCUT2D eigenvalue weighted by molar-refractivity contribution is 6.32. The van der Waals surface area contributed by atoms with E-state index in [0.717, 1.165) is 11.1 Å². The molecule has 2 heterocycles. The number of halogens is 3. The minimum atomic E-state index is -0.890. The van der Waals surface area contributed by atoms with Crippen LogP contribution in [0.15, 0.2) is 65.7 Å². The van der Waals surface area contributed by atoms with Crippen LogP contribution in [-0.2, 0) is 10.2 Å². The first-order valence-electron chi connectivity index (χ1n) is 17.0. The fourth-order valence-corrected chi connectivity index (χ4v) is 7.17. The number of hydrogen-bond acceptors (Lipinski definition) is 6. The fourth-order valence-electron chi connectivity index (χ4n) is 6.51. The molecule has 3 aromatic carbocycles. The smallest absolute Gasteiger partial charge is 0.326 e. The van der Waals surface area contributed by atoms with Crippen molar-refractivity contribution in [2.24, 2.45) is 4.99 Å². The van der Waals surface area contributed by atoms with Crippen molar-refractivity contribution in [3.05, 3.63) is 98.0 Å². The molecule has 2 aliphatic heterocycles. The van der Waals surface area contributed by atoms with E-state index >= 15 is 0 Å². The number of aliphatic imine (C=N–C) groups is 1. The summed E-state index contributed by atoms with van der Waals surface area (Å²) < 4.78 is 6.18. The lowest BCUT2D eigenvalue weighted by atomic mass is 9.85. The minimum absolute atomic E-state index is 0.0840. The Morgan fingerprint density at radius 1 is 0.920 bits per heavy atom. The maximum atomic E-state index is 14.9. The molecule has 5 rings (SSSR count). The number of benzene rings is 3. The quantitative estimate of drug-likeness (QED) is 0.210. The van der Waals surface area contributed by atoms with E-state index in [1.807, 2.05) is 79.1 Å². The molecule has 1 saturated heterocycles. The van der Waals surface area contributed by atoms with Gasteiger partial charge < -0.3 is 14.5 Å². The Morgan fingerprint density at radius 3 is 2.04 bits per heavy atom. The second-order valence-corrected chi connectivity index (χ2v) is 14.2. The van der Waals surface area contributed by atoms with E-state index in [4.69, 9.17) is 44.5 Å². The van der Waals surface area contributed by atoms with Gasteiger partial charge in [-0.05, 0) is 87.7 Å². The highest BCUT2D eigenvalue weighted by Crippen LogP contribution is 2.46. The van der Waals surface area contributed by atoms with Crippen LogP contribution in [0, 0.1) is 11.3 Å². The number of nitrogens with zero attached hydrogens (tertiary/aromatic N) is 6. The third kappa shape index (κ3) is 7.89. The van der Waals surface area contributed by atoms with Gasteiger partial charge in [0.15, 0.2) is 0 Å². The van der Waals surface area contributed by atoms with E-state index < -0.39 is 17.5 Å². The van der Waals surface area contributed by atoms with Crippen LogP contribution in [-0.4, -0.2) is 89.8 Å². The Kier molecular flexibility index (Phi) is 12.0. The SMILES string of the molecule is CCOc1cc(C(C)(C)C#N)c(Cl)cc1C1=N[C@@H](c2ccc(Cl)cc2)[C@@H](c2ccc(Cl)cc2)N1C(=O)N1CCN(CC(=O)N(CC)CC)CC1. The molecule has 0 spiro atoms. The second kappa shape index (κ2) is 16.0. The van der Waals surface area contributed by atoms with E-state index in [-0.39, 0.29) is 11.9 Å². The molecule has 2 atom stereocenters. The number of urea groups is 1. The van der Waals surface area contributed by atoms with Crippen molar-refractivity contribution in [3.8, 4) is 11.8 Å². The van der Waals surface area contributed by atoms with Crippen molar-refractivity contribution in [2.45, 2.75) is 52.1 Å². The van der Waals surface area contributed by atoms with Crippen molar-refractivity contribution in [1.82, 2.24) is 19.6 Å². The molecule has 0 radical (unpaired) electrons. The zero-order chi connectivity index (χ0) is 36.2.